The zero-order chi connectivity index (χ0) is 13.8. The molecule has 18 heavy (non-hydrogen) atoms. The van der Waals surface area contributed by atoms with Crippen LogP contribution in [0.4, 0.5) is 18.0 Å². The monoisotopic (exact) mass is 262 g/mol. The molecule has 0 aromatic heterocycles. The van der Waals surface area contributed by atoms with Gasteiger partial charge in [0.15, 0.2) is 0 Å². The second-order valence-electron chi connectivity index (χ2n) is 3.79. The van der Waals surface area contributed by atoms with Crippen molar-refractivity contribution in [3.05, 3.63) is 35.4 Å². The van der Waals surface area contributed by atoms with E-state index in [0.717, 1.165) is 12.1 Å². The van der Waals surface area contributed by atoms with Gasteiger partial charge >= 0.3 is 12.3 Å². The Balaban J connectivity index is 2.65. The first-order valence-electron chi connectivity index (χ1n) is 5.13. The zero-order valence-electron chi connectivity index (χ0n) is 9.41. The number of benzene rings is 1. The summed E-state index contributed by atoms with van der Waals surface area (Å²) in [6.45, 7) is -0.133. The van der Waals surface area contributed by atoms with E-state index in [2.05, 4.69) is 4.74 Å². The van der Waals surface area contributed by atoms with E-state index < -0.39 is 23.9 Å². The molecule has 0 heterocycles. The fourth-order valence-electron chi connectivity index (χ4n) is 1.43. The lowest BCUT2D eigenvalue weighted by Gasteiger charge is -2.13. The predicted molar refractivity (Wildman–Crippen MR) is 58.7 cm³/mol. The molecule has 0 fully saturated rings. The molecule has 0 saturated carbocycles. The van der Waals surface area contributed by atoms with Gasteiger partial charge in [-0.15, -0.1) is 0 Å². The minimum atomic E-state index is -4.39. The Morgan fingerprint density at radius 2 is 2.06 bits per heavy atom. The molecule has 0 aliphatic heterocycles. The second-order valence-corrected chi connectivity index (χ2v) is 3.79. The summed E-state index contributed by atoms with van der Waals surface area (Å²) in [5.74, 6) is 0. The van der Waals surface area contributed by atoms with E-state index in [1.54, 1.807) is 0 Å². The lowest BCUT2D eigenvalue weighted by molar-refractivity contribution is -0.137. The van der Waals surface area contributed by atoms with Crippen molar-refractivity contribution in [2.24, 2.45) is 11.5 Å². The molecule has 1 amide bonds. The number of halogens is 3. The van der Waals surface area contributed by atoms with Crippen LogP contribution in [0.1, 0.15) is 11.1 Å². The van der Waals surface area contributed by atoms with Gasteiger partial charge in [0.05, 0.1) is 5.56 Å². The molecule has 1 aromatic rings. The molecule has 1 unspecified atom stereocenters. The van der Waals surface area contributed by atoms with E-state index in [1.165, 1.54) is 12.1 Å². The number of ether oxygens (including phenoxy) is 1. The number of carbonyl (C=O) groups is 1. The van der Waals surface area contributed by atoms with Gasteiger partial charge in [-0.3, -0.25) is 0 Å². The van der Waals surface area contributed by atoms with E-state index in [9.17, 15) is 18.0 Å². The molecule has 0 aliphatic carbocycles. The zero-order valence-corrected chi connectivity index (χ0v) is 9.41. The lowest BCUT2D eigenvalue weighted by atomic mass is 10.0. The van der Waals surface area contributed by atoms with Crippen LogP contribution < -0.4 is 11.5 Å². The van der Waals surface area contributed by atoms with Crippen molar-refractivity contribution in [1.29, 1.82) is 0 Å². The fourth-order valence-corrected chi connectivity index (χ4v) is 1.43. The highest BCUT2D eigenvalue weighted by molar-refractivity contribution is 5.64. The SMILES string of the molecule is NC(=O)OCC(N)Cc1cccc(C(F)(F)F)c1. The quantitative estimate of drug-likeness (QED) is 0.866. The van der Waals surface area contributed by atoms with Crippen LogP contribution >= 0.6 is 0 Å². The molecule has 4 nitrogen and oxygen atoms in total. The summed E-state index contributed by atoms with van der Waals surface area (Å²) in [4.78, 5) is 10.3. The van der Waals surface area contributed by atoms with Crippen molar-refractivity contribution >= 4 is 6.09 Å². The van der Waals surface area contributed by atoms with Crippen molar-refractivity contribution in [1.82, 2.24) is 0 Å². The number of hydrogen-bond donors (Lipinski definition) is 2. The number of amides is 1. The third-order valence-electron chi connectivity index (χ3n) is 2.19. The minimum Gasteiger partial charge on any atom is -0.448 e. The van der Waals surface area contributed by atoms with Crippen LogP contribution in [0.5, 0.6) is 0 Å². The van der Waals surface area contributed by atoms with Crippen LogP contribution in [0.15, 0.2) is 24.3 Å². The first-order chi connectivity index (χ1) is 8.29. The van der Waals surface area contributed by atoms with E-state index in [1.807, 2.05) is 0 Å². The molecular weight excluding hydrogens is 249 g/mol. The van der Waals surface area contributed by atoms with Gasteiger partial charge in [0.2, 0.25) is 0 Å². The number of rotatable bonds is 4. The first-order valence-corrected chi connectivity index (χ1v) is 5.13. The summed E-state index contributed by atoms with van der Waals surface area (Å²) < 4.78 is 41.8. The standard InChI is InChI=1S/C11H13F3N2O2/c12-11(13,14)8-3-1-2-7(4-8)5-9(15)6-18-10(16)17/h1-4,9H,5-6,15H2,(H2,16,17). The second kappa shape index (κ2) is 5.72. The average molecular weight is 262 g/mol. The summed E-state index contributed by atoms with van der Waals surface area (Å²) in [7, 11) is 0. The van der Waals surface area contributed by atoms with Crippen LogP contribution in [0.3, 0.4) is 0 Å². The van der Waals surface area contributed by atoms with Crippen molar-refractivity contribution in [3.63, 3.8) is 0 Å². The minimum absolute atomic E-state index is 0.133. The molecular formula is C11H13F3N2O2. The Hall–Kier alpha value is -1.76. The van der Waals surface area contributed by atoms with Crippen molar-refractivity contribution in [2.75, 3.05) is 6.61 Å². The molecule has 1 aromatic carbocycles. The Morgan fingerprint density at radius 3 is 2.61 bits per heavy atom. The number of alkyl halides is 3. The molecule has 7 heteroatoms. The summed E-state index contributed by atoms with van der Waals surface area (Å²) in [6.07, 6.45) is -5.18. The molecule has 0 spiro atoms. The number of primary amides is 1. The van der Waals surface area contributed by atoms with E-state index >= 15 is 0 Å². The molecule has 4 N–H and O–H groups in total. The van der Waals surface area contributed by atoms with Crippen molar-refractivity contribution < 1.29 is 22.7 Å². The number of hydrogen-bond acceptors (Lipinski definition) is 3. The van der Waals surface area contributed by atoms with Crippen molar-refractivity contribution in [2.45, 2.75) is 18.6 Å². The smallest absolute Gasteiger partial charge is 0.416 e. The van der Waals surface area contributed by atoms with Crippen molar-refractivity contribution in [3.8, 4) is 0 Å². The normalized spacial score (nSPS) is 13.1. The molecule has 1 rings (SSSR count). The Morgan fingerprint density at radius 1 is 1.39 bits per heavy atom. The Labute approximate surface area is 102 Å². The Bertz CT molecular complexity index is 421. The van der Waals surface area contributed by atoms with Gasteiger partial charge in [-0.1, -0.05) is 18.2 Å². The summed E-state index contributed by atoms with van der Waals surface area (Å²) in [5.41, 5.74) is 10.0. The van der Waals surface area contributed by atoms with Gasteiger partial charge < -0.3 is 16.2 Å². The Kier molecular flexibility index (Phi) is 4.55. The van der Waals surface area contributed by atoms with Gasteiger partial charge in [0.1, 0.15) is 6.61 Å². The maximum absolute atomic E-state index is 12.4. The maximum atomic E-state index is 12.4. The average Bonchev–Trinajstić information content (AvgIpc) is 2.25. The van der Waals surface area contributed by atoms with E-state index in [0.29, 0.717) is 5.56 Å². The van der Waals surface area contributed by atoms with Gasteiger partial charge in [-0.2, -0.15) is 13.2 Å². The van der Waals surface area contributed by atoms with E-state index in [-0.39, 0.29) is 13.0 Å². The summed E-state index contributed by atoms with van der Waals surface area (Å²) >= 11 is 0. The largest absolute Gasteiger partial charge is 0.448 e. The van der Waals surface area contributed by atoms with Gasteiger partial charge in [-0.25, -0.2) is 4.79 Å². The lowest BCUT2D eigenvalue weighted by Crippen LogP contribution is -2.31. The molecule has 0 saturated heterocycles. The highest BCUT2D eigenvalue weighted by atomic mass is 19.4. The fraction of sp³-hybridized carbons (Fsp3) is 0.364. The molecule has 1 atom stereocenters. The predicted octanol–water partition coefficient (Wildman–Crippen LogP) is 1.67. The van der Waals surface area contributed by atoms with E-state index in [4.69, 9.17) is 11.5 Å². The summed E-state index contributed by atoms with van der Waals surface area (Å²) in [5, 5.41) is 0. The number of nitrogens with two attached hydrogens (primary N) is 2. The molecule has 0 aliphatic rings. The van der Waals surface area contributed by atoms with Crippen LogP contribution in [0.2, 0.25) is 0 Å². The van der Waals surface area contributed by atoms with Gasteiger partial charge in [-0.05, 0) is 18.1 Å². The topological polar surface area (TPSA) is 78.3 Å². The van der Waals surface area contributed by atoms with Crippen LogP contribution in [0, 0.1) is 0 Å². The summed E-state index contributed by atoms with van der Waals surface area (Å²) in [6, 6.07) is 4.24. The highest BCUT2D eigenvalue weighted by Gasteiger charge is 2.30. The van der Waals surface area contributed by atoms with Crippen LogP contribution in [0.25, 0.3) is 0 Å². The molecule has 0 bridgehead atoms. The third kappa shape index (κ3) is 4.62. The van der Waals surface area contributed by atoms with Crippen LogP contribution in [-0.4, -0.2) is 18.7 Å². The molecule has 100 valence electrons. The maximum Gasteiger partial charge on any atom is 0.416 e. The third-order valence-corrected chi connectivity index (χ3v) is 2.19. The highest BCUT2D eigenvalue weighted by Crippen LogP contribution is 2.29. The van der Waals surface area contributed by atoms with Gasteiger partial charge in [0.25, 0.3) is 0 Å². The van der Waals surface area contributed by atoms with Crippen LogP contribution in [-0.2, 0) is 17.3 Å². The molecule has 0 radical (unpaired) electrons. The van der Waals surface area contributed by atoms with Gasteiger partial charge in [0, 0.05) is 6.04 Å². The first kappa shape index (κ1) is 14.3. The number of carbonyl (C=O) groups excluding carboxylic acids is 1.